The van der Waals surface area contributed by atoms with Gasteiger partial charge in [-0.25, -0.2) is 0 Å². The number of rotatable bonds is 5. The summed E-state index contributed by atoms with van der Waals surface area (Å²) in [4.78, 5) is 0. The van der Waals surface area contributed by atoms with E-state index in [-0.39, 0.29) is 6.10 Å². The number of piperazine rings is 1. The maximum Gasteiger partial charge on any atom is 0.120 e. The monoisotopic (exact) mass is 265 g/mol. The van der Waals surface area contributed by atoms with E-state index in [0.29, 0.717) is 6.54 Å². The maximum atomic E-state index is 10.2. The van der Waals surface area contributed by atoms with Crippen LogP contribution in [0.25, 0.3) is 0 Å². The lowest BCUT2D eigenvalue weighted by Crippen LogP contribution is -2.59. The second-order valence-corrected chi connectivity index (χ2v) is 5.66. The second kappa shape index (κ2) is 6.23. The first kappa shape index (κ1) is 14.1. The Labute approximate surface area is 115 Å². The minimum Gasteiger partial charge on any atom is -0.399 e. The van der Waals surface area contributed by atoms with Gasteiger partial charge in [-0.05, 0) is 18.2 Å². The zero-order valence-electron chi connectivity index (χ0n) is 11.6. The smallest absolute Gasteiger partial charge is 0.120 e. The van der Waals surface area contributed by atoms with Gasteiger partial charge in [0.1, 0.15) is 12.6 Å². The van der Waals surface area contributed by atoms with Crippen LogP contribution < -0.4 is 16.4 Å². The molecule has 0 radical (unpaired) electrons. The maximum absolute atomic E-state index is 10.2. The van der Waals surface area contributed by atoms with Crippen molar-refractivity contribution in [3.05, 3.63) is 24.3 Å². The van der Waals surface area contributed by atoms with E-state index in [0.717, 1.165) is 48.6 Å². The number of nitrogens with two attached hydrogens (primary N) is 1. The van der Waals surface area contributed by atoms with Crippen LogP contribution in [-0.4, -0.2) is 62.0 Å². The molecule has 5 heteroatoms. The largest absolute Gasteiger partial charge is 0.399 e. The molecule has 0 spiro atoms. The number of hydrogen-bond donors (Lipinski definition) is 4. The number of aliphatic hydroxyl groups is 1. The molecule has 0 aromatic heterocycles. The Morgan fingerprint density at radius 2 is 2.16 bits per heavy atom. The van der Waals surface area contributed by atoms with Crippen molar-refractivity contribution >= 4 is 11.4 Å². The SMILES string of the molecule is C[N+]1(CC(O)CNc2cccc(N)c2)CCNCC1. The van der Waals surface area contributed by atoms with E-state index < -0.39 is 0 Å². The molecule has 19 heavy (non-hydrogen) atoms. The Morgan fingerprint density at radius 3 is 2.84 bits per heavy atom. The molecule has 5 N–H and O–H groups in total. The number of nitrogens with zero attached hydrogens (tertiary/aromatic N) is 1. The van der Waals surface area contributed by atoms with Gasteiger partial charge < -0.3 is 26.0 Å². The number of benzene rings is 1. The van der Waals surface area contributed by atoms with Crippen LogP contribution in [0.3, 0.4) is 0 Å². The van der Waals surface area contributed by atoms with Gasteiger partial charge in [-0.1, -0.05) is 6.07 Å². The quantitative estimate of drug-likeness (QED) is 0.450. The van der Waals surface area contributed by atoms with Crippen molar-refractivity contribution in [3.63, 3.8) is 0 Å². The molecule has 106 valence electrons. The molecule has 1 heterocycles. The number of hydrogen-bond acceptors (Lipinski definition) is 4. The first-order valence-electron chi connectivity index (χ1n) is 6.89. The standard InChI is InChI=1S/C14H25N4O/c1-18(7-5-16-6-8-18)11-14(19)10-17-13-4-2-3-12(15)9-13/h2-4,9,14,16-17,19H,5-8,10-11,15H2,1H3/q+1. The molecule has 5 nitrogen and oxygen atoms in total. The van der Waals surface area contributed by atoms with Crippen molar-refractivity contribution in [1.82, 2.24) is 5.32 Å². The van der Waals surface area contributed by atoms with Crippen LogP contribution in [0.15, 0.2) is 24.3 Å². The zero-order valence-corrected chi connectivity index (χ0v) is 11.6. The van der Waals surface area contributed by atoms with Crippen molar-refractivity contribution in [2.75, 3.05) is 57.4 Å². The summed E-state index contributed by atoms with van der Waals surface area (Å²) in [5.74, 6) is 0. The molecule has 1 aromatic carbocycles. The van der Waals surface area contributed by atoms with Gasteiger partial charge in [-0.15, -0.1) is 0 Å². The lowest BCUT2D eigenvalue weighted by Gasteiger charge is -2.39. The average molecular weight is 265 g/mol. The van der Waals surface area contributed by atoms with Gasteiger partial charge in [0.15, 0.2) is 0 Å². The van der Waals surface area contributed by atoms with Crippen molar-refractivity contribution in [2.24, 2.45) is 0 Å². The Kier molecular flexibility index (Phi) is 4.63. The molecule has 1 fully saturated rings. The first-order chi connectivity index (χ1) is 9.07. The molecule has 1 unspecified atom stereocenters. The van der Waals surface area contributed by atoms with E-state index in [4.69, 9.17) is 5.73 Å². The fraction of sp³-hybridized carbons (Fsp3) is 0.571. The van der Waals surface area contributed by atoms with Crippen molar-refractivity contribution in [2.45, 2.75) is 6.10 Å². The van der Waals surface area contributed by atoms with Gasteiger partial charge in [0, 0.05) is 31.0 Å². The number of anilines is 2. The highest BCUT2D eigenvalue weighted by molar-refractivity contribution is 5.54. The highest BCUT2D eigenvalue weighted by Crippen LogP contribution is 2.12. The zero-order chi connectivity index (χ0) is 13.7. The van der Waals surface area contributed by atoms with Crippen molar-refractivity contribution in [3.8, 4) is 0 Å². The molecule has 0 aliphatic carbocycles. The van der Waals surface area contributed by atoms with Gasteiger partial charge in [0.05, 0.1) is 20.1 Å². The lowest BCUT2D eigenvalue weighted by atomic mass is 10.2. The van der Waals surface area contributed by atoms with Crippen LogP contribution in [-0.2, 0) is 0 Å². The van der Waals surface area contributed by atoms with Crippen LogP contribution in [0.4, 0.5) is 11.4 Å². The molecule has 2 rings (SSSR count). The van der Waals surface area contributed by atoms with E-state index in [2.05, 4.69) is 17.7 Å². The summed E-state index contributed by atoms with van der Waals surface area (Å²) in [6.45, 7) is 5.57. The minimum atomic E-state index is -0.343. The van der Waals surface area contributed by atoms with Crippen LogP contribution in [0.1, 0.15) is 0 Å². The third kappa shape index (κ3) is 4.38. The molecule has 0 bridgehead atoms. The second-order valence-electron chi connectivity index (χ2n) is 5.66. The Bertz CT molecular complexity index is 404. The van der Waals surface area contributed by atoms with Crippen LogP contribution in [0.2, 0.25) is 0 Å². The van der Waals surface area contributed by atoms with Crippen LogP contribution >= 0.6 is 0 Å². The summed E-state index contributed by atoms with van der Waals surface area (Å²) in [5.41, 5.74) is 7.42. The fourth-order valence-corrected chi connectivity index (χ4v) is 2.57. The molecule has 1 aliphatic heterocycles. The van der Waals surface area contributed by atoms with Crippen LogP contribution in [0.5, 0.6) is 0 Å². The summed E-state index contributed by atoms with van der Waals surface area (Å²) < 4.78 is 0.937. The van der Waals surface area contributed by atoms with Gasteiger partial charge in [0.25, 0.3) is 0 Å². The van der Waals surface area contributed by atoms with Gasteiger partial charge in [0.2, 0.25) is 0 Å². The third-order valence-electron chi connectivity index (χ3n) is 3.74. The fourth-order valence-electron chi connectivity index (χ4n) is 2.57. The Balaban J connectivity index is 1.79. The molecule has 0 saturated carbocycles. The van der Waals surface area contributed by atoms with Crippen LogP contribution in [0, 0.1) is 0 Å². The summed E-state index contributed by atoms with van der Waals surface area (Å²) in [6.07, 6.45) is -0.343. The first-order valence-corrected chi connectivity index (χ1v) is 6.89. The molecule has 1 saturated heterocycles. The topological polar surface area (TPSA) is 70.3 Å². The lowest BCUT2D eigenvalue weighted by molar-refractivity contribution is -0.913. The van der Waals surface area contributed by atoms with Crippen molar-refractivity contribution < 1.29 is 9.59 Å². The molecule has 1 aromatic rings. The summed E-state index contributed by atoms with van der Waals surface area (Å²) in [6, 6.07) is 7.61. The Hall–Kier alpha value is -1.30. The molecular formula is C14H25N4O+. The summed E-state index contributed by atoms with van der Waals surface area (Å²) in [5, 5.41) is 16.8. The van der Waals surface area contributed by atoms with E-state index in [1.165, 1.54) is 0 Å². The molecular weight excluding hydrogens is 240 g/mol. The van der Waals surface area contributed by atoms with Gasteiger partial charge >= 0.3 is 0 Å². The summed E-state index contributed by atoms with van der Waals surface area (Å²) in [7, 11) is 2.21. The highest BCUT2D eigenvalue weighted by atomic mass is 16.3. The van der Waals surface area contributed by atoms with E-state index >= 15 is 0 Å². The number of nitrogens with one attached hydrogen (secondary N) is 2. The normalized spacial score (nSPS) is 19.9. The van der Waals surface area contributed by atoms with E-state index in [1.807, 2.05) is 24.3 Å². The van der Waals surface area contributed by atoms with Gasteiger partial charge in [-0.2, -0.15) is 0 Å². The molecule has 1 aliphatic rings. The predicted molar refractivity (Wildman–Crippen MR) is 79.0 cm³/mol. The Morgan fingerprint density at radius 1 is 1.42 bits per heavy atom. The number of aliphatic hydroxyl groups excluding tert-OH is 1. The number of quaternary nitrogens is 1. The van der Waals surface area contributed by atoms with Crippen molar-refractivity contribution in [1.29, 1.82) is 0 Å². The average Bonchev–Trinajstić information content (AvgIpc) is 2.37. The minimum absolute atomic E-state index is 0.343. The summed E-state index contributed by atoms with van der Waals surface area (Å²) >= 11 is 0. The van der Waals surface area contributed by atoms with E-state index in [9.17, 15) is 5.11 Å². The predicted octanol–water partition coefficient (Wildman–Crippen LogP) is 0.0914. The molecule has 0 amide bonds. The van der Waals surface area contributed by atoms with Gasteiger partial charge in [-0.3, -0.25) is 0 Å². The number of nitrogen functional groups attached to an aromatic ring is 1. The number of likely N-dealkylation sites (N-methyl/N-ethyl adjacent to an activating group) is 1. The molecule has 1 atom stereocenters. The van der Waals surface area contributed by atoms with E-state index in [1.54, 1.807) is 0 Å². The highest BCUT2D eigenvalue weighted by Gasteiger charge is 2.27. The third-order valence-corrected chi connectivity index (χ3v) is 3.74.